The zero-order chi connectivity index (χ0) is 19.8. The van der Waals surface area contributed by atoms with E-state index in [0.717, 1.165) is 23.6 Å². The molecule has 2 aromatic carbocycles. The summed E-state index contributed by atoms with van der Waals surface area (Å²) in [7, 11) is -3.32. The molecule has 0 aliphatic rings. The molecule has 6 nitrogen and oxygen atoms in total. The van der Waals surface area contributed by atoms with Gasteiger partial charge in [-0.25, -0.2) is 13.4 Å². The lowest BCUT2D eigenvalue weighted by Crippen LogP contribution is -2.16. The number of nitrogens with one attached hydrogen (secondary N) is 2. The van der Waals surface area contributed by atoms with Crippen molar-refractivity contribution in [3.8, 4) is 11.5 Å². The van der Waals surface area contributed by atoms with Gasteiger partial charge < -0.3 is 10.1 Å². The first-order chi connectivity index (χ1) is 13.5. The number of para-hydroxylation sites is 1. The number of anilines is 3. The van der Waals surface area contributed by atoms with Crippen molar-refractivity contribution < 1.29 is 13.2 Å². The minimum atomic E-state index is -3.32. The van der Waals surface area contributed by atoms with Crippen molar-refractivity contribution in [2.45, 2.75) is 19.8 Å². The van der Waals surface area contributed by atoms with Gasteiger partial charge in [-0.3, -0.25) is 4.72 Å². The molecule has 0 spiro atoms. The van der Waals surface area contributed by atoms with E-state index < -0.39 is 10.0 Å². The number of rotatable bonds is 9. The maximum atomic E-state index is 11.9. The first kappa shape index (κ1) is 19.7. The van der Waals surface area contributed by atoms with Gasteiger partial charge in [-0.1, -0.05) is 31.5 Å². The number of hydrogen-bond acceptors (Lipinski definition) is 5. The second-order valence-corrected chi connectivity index (χ2v) is 8.11. The molecule has 3 aromatic rings. The molecular weight excluding hydrogens is 374 g/mol. The monoisotopic (exact) mass is 397 g/mol. The number of nitrogens with zero attached hydrogens (tertiary/aromatic N) is 1. The van der Waals surface area contributed by atoms with E-state index >= 15 is 0 Å². The van der Waals surface area contributed by atoms with Crippen LogP contribution in [-0.2, 0) is 10.0 Å². The highest BCUT2D eigenvalue weighted by Crippen LogP contribution is 2.24. The Hall–Kier alpha value is -3.06. The third kappa shape index (κ3) is 5.99. The topological polar surface area (TPSA) is 80.3 Å². The summed E-state index contributed by atoms with van der Waals surface area (Å²) in [6.45, 7) is 1.96. The summed E-state index contributed by atoms with van der Waals surface area (Å²) < 4.78 is 32.2. The van der Waals surface area contributed by atoms with Crippen LogP contribution in [0.5, 0.6) is 11.5 Å². The molecule has 0 aliphatic heterocycles. The van der Waals surface area contributed by atoms with Crippen molar-refractivity contribution in [2.75, 3.05) is 15.8 Å². The number of unbranched alkanes of at least 4 members (excludes halogenated alkanes) is 1. The summed E-state index contributed by atoms with van der Waals surface area (Å²) in [4.78, 5) is 4.26. The van der Waals surface area contributed by atoms with Gasteiger partial charge in [0.2, 0.25) is 10.0 Å². The van der Waals surface area contributed by atoms with E-state index in [9.17, 15) is 8.42 Å². The lowest BCUT2D eigenvalue weighted by molar-refractivity contribution is 0.483. The van der Waals surface area contributed by atoms with Crippen molar-refractivity contribution in [2.24, 2.45) is 0 Å². The van der Waals surface area contributed by atoms with E-state index in [1.54, 1.807) is 12.1 Å². The van der Waals surface area contributed by atoms with Crippen LogP contribution in [0.2, 0.25) is 0 Å². The molecule has 0 saturated carbocycles. The van der Waals surface area contributed by atoms with Crippen molar-refractivity contribution >= 4 is 27.2 Å². The fraction of sp³-hybridized carbons (Fsp3) is 0.190. The molecule has 2 N–H and O–H groups in total. The first-order valence-electron chi connectivity index (χ1n) is 9.10. The Labute approximate surface area is 165 Å². The normalized spacial score (nSPS) is 11.0. The van der Waals surface area contributed by atoms with Gasteiger partial charge in [-0.15, -0.1) is 0 Å². The van der Waals surface area contributed by atoms with Gasteiger partial charge in [0.25, 0.3) is 0 Å². The summed E-state index contributed by atoms with van der Waals surface area (Å²) in [5.74, 6) is 2.25. The zero-order valence-electron chi connectivity index (χ0n) is 15.6. The molecule has 28 heavy (non-hydrogen) atoms. The summed E-state index contributed by atoms with van der Waals surface area (Å²) in [5.41, 5.74) is 1.30. The van der Waals surface area contributed by atoms with E-state index in [2.05, 4.69) is 15.0 Å². The Morgan fingerprint density at radius 3 is 2.21 bits per heavy atom. The Balaban J connectivity index is 1.58. The summed E-state index contributed by atoms with van der Waals surface area (Å²) in [6, 6.07) is 20.5. The molecule has 0 aliphatic carbocycles. The minimum absolute atomic E-state index is 0.112. The Morgan fingerprint density at radius 1 is 0.893 bits per heavy atom. The molecule has 0 bridgehead atoms. The van der Waals surface area contributed by atoms with E-state index in [0.29, 0.717) is 17.9 Å². The van der Waals surface area contributed by atoms with Crippen LogP contribution >= 0.6 is 0 Å². The summed E-state index contributed by atoms with van der Waals surface area (Å²) in [5, 5.41) is 3.18. The fourth-order valence-electron chi connectivity index (χ4n) is 2.47. The van der Waals surface area contributed by atoms with Gasteiger partial charge in [-0.2, -0.15) is 0 Å². The number of sulfonamides is 1. The Morgan fingerprint density at radius 2 is 1.57 bits per heavy atom. The van der Waals surface area contributed by atoms with Crippen LogP contribution in [0.25, 0.3) is 0 Å². The fourth-order valence-corrected chi connectivity index (χ4v) is 3.72. The quantitative estimate of drug-likeness (QED) is 0.521. The minimum Gasteiger partial charge on any atom is -0.457 e. The predicted molar refractivity (Wildman–Crippen MR) is 113 cm³/mol. The predicted octanol–water partition coefficient (Wildman–Crippen LogP) is 5.16. The second kappa shape index (κ2) is 9.23. The highest BCUT2D eigenvalue weighted by atomic mass is 32.2. The van der Waals surface area contributed by atoms with Crippen molar-refractivity contribution in [1.82, 2.24) is 4.98 Å². The molecule has 0 saturated heterocycles. The van der Waals surface area contributed by atoms with Crippen LogP contribution in [0.1, 0.15) is 19.8 Å². The number of pyridine rings is 1. The number of aromatic nitrogens is 1. The smallest absolute Gasteiger partial charge is 0.232 e. The molecule has 0 atom stereocenters. The molecule has 7 heteroatoms. The van der Waals surface area contributed by atoms with Crippen molar-refractivity contribution in [3.63, 3.8) is 0 Å². The SMILES string of the molecule is CCCCS(=O)(=O)Nc1ccc(Nc2ccc(Oc3ccccc3)cc2)nc1. The Kier molecular flexibility index (Phi) is 6.49. The standard InChI is InChI=1S/C21H23N3O3S/c1-2-3-15-28(25,26)24-18-11-14-21(22-16-18)23-17-9-12-20(13-10-17)27-19-7-5-4-6-8-19/h4-14,16,24H,2-3,15H2,1H3,(H,22,23). The van der Waals surface area contributed by atoms with Crippen LogP contribution < -0.4 is 14.8 Å². The number of hydrogen-bond donors (Lipinski definition) is 2. The maximum absolute atomic E-state index is 11.9. The highest BCUT2D eigenvalue weighted by molar-refractivity contribution is 7.92. The van der Waals surface area contributed by atoms with Crippen LogP contribution in [0.4, 0.5) is 17.2 Å². The molecule has 1 heterocycles. The molecule has 3 rings (SSSR count). The lowest BCUT2D eigenvalue weighted by atomic mass is 10.3. The maximum Gasteiger partial charge on any atom is 0.232 e. The van der Waals surface area contributed by atoms with Crippen LogP contribution in [-0.4, -0.2) is 19.2 Å². The average molecular weight is 398 g/mol. The van der Waals surface area contributed by atoms with Crippen molar-refractivity contribution in [1.29, 1.82) is 0 Å². The van der Waals surface area contributed by atoms with Gasteiger partial charge in [0.15, 0.2) is 0 Å². The van der Waals surface area contributed by atoms with E-state index in [4.69, 9.17) is 4.74 Å². The third-order valence-corrected chi connectivity index (χ3v) is 5.28. The van der Waals surface area contributed by atoms with Gasteiger partial charge in [0, 0.05) is 5.69 Å². The molecule has 0 amide bonds. The van der Waals surface area contributed by atoms with Crippen LogP contribution in [0, 0.1) is 0 Å². The van der Waals surface area contributed by atoms with Crippen LogP contribution in [0.3, 0.4) is 0 Å². The van der Waals surface area contributed by atoms with Gasteiger partial charge in [0.1, 0.15) is 17.3 Å². The van der Waals surface area contributed by atoms with E-state index in [1.165, 1.54) is 6.20 Å². The molecular formula is C21H23N3O3S. The molecule has 0 radical (unpaired) electrons. The number of benzene rings is 2. The van der Waals surface area contributed by atoms with Gasteiger partial charge in [0.05, 0.1) is 17.6 Å². The Bertz CT molecular complexity index is 974. The molecule has 0 unspecified atom stereocenters. The zero-order valence-corrected chi connectivity index (χ0v) is 16.4. The second-order valence-electron chi connectivity index (χ2n) is 6.27. The average Bonchev–Trinajstić information content (AvgIpc) is 2.70. The summed E-state index contributed by atoms with van der Waals surface area (Å²) >= 11 is 0. The number of ether oxygens (including phenoxy) is 1. The molecule has 0 fully saturated rings. The van der Waals surface area contributed by atoms with E-state index in [1.807, 2.05) is 61.5 Å². The first-order valence-corrected chi connectivity index (χ1v) is 10.8. The molecule has 146 valence electrons. The molecule has 1 aromatic heterocycles. The largest absolute Gasteiger partial charge is 0.457 e. The lowest BCUT2D eigenvalue weighted by Gasteiger charge is -2.10. The third-order valence-electron chi connectivity index (χ3n) is 3.91. The van der Waals surface area contributed by atoms with Gasteiger partial charge >= 0.3 is 0 Å². The van der Waals surface area contributed by atoms with E-state index in [-0.39, 0.29) is 5.75 Å². The highest BCUT2D eigenvalue weighted by Gasteiger charge is 2.09. The van der Waals surface area contributed by atoms with Crippen molar-refractivity contribution in [3.05, 3.63) is 72.9 Å². The van der Waals surface area contributed by atoms with Gasteiger partial charge in [-0.05, 0) is 55.0 Å². The summed E-state index contributed by atoms with van der Waals surface area (Å²) in [6.07, 6.45) is 2.96. The van der Waals surface area contributed by atoms with Crippen LogP contribution in [0.15, 0.2) is 72.9 Å².